The number of hydrogen-bond acceptors (Lipinski definition) is 6. The minimum Gasteiger partial charge on any atom is -0.395 e. The molecule has 3 N–H and O–H groups in total. The Bertz CT molecular complexity index is 628. The fourth-order valence-corrected chi connectivity index (χ4v) is 4.22. The van der Waals surface area contributed by atoms with E-state index in [0.29, 0.717) is 17.0 Å². The van der Waals surface area contributed by atoms with Gasteiger partial charge in [0.2, 0.25) is 0 Å². The zero-order chi connectivity index (χ0) is 15.2. The molecule has 0 spiro atoms. The molecule has 2 rings (SSSR count). The van der Waals surface area contributed by atoms with Gasteiger partial charge in [0, 0.05) is 32.3 Å². The van der Waals surface area contributed by atoms with Crippen LogP contribution < -0.4 is 5.73 Å². The third-order valence-electron chi connectivity index (χ3n) is 2.85. The second-order valence-electron chi connectivity index (χ2n) is 4.44. The van der Waals surface area contributed by atoms with E-state index < -0.39 is 0 Å². The first-order chi connectivity index (χ1) is 10.1. The smallest absolute Gasteiger partial charge is 0.100 e. The van der Waals surface area contributed by atoms with E-state index in [1.165, 1.54) is 23.1 Å². The van der Waals surface area contributed by atoms with Gasteiger partial charge in [-0.05, 0) is 24.6 Å². The van der Waals surface area contributed by atoms with Crippen molar-refractivity contribution in [3.8, 4) is 6.07 Å². The zero-order valence-corrected chi connectivity index (χ0v) is 13.5. The van der Waals surface area contributed by atoms with Gasteiger partial charge in [0.1, 0.15) is 6.07 Å². The standard InChI is InChI=1S/C14H14ClN3OS2/c15-10-2-1-9(5-16)12(3-10)21-13(4-11(17)7-19)14-6-18-8-20-14/h1-3,6,8,11,13,19H,4,7,17H2. The summed E-state index contributed by atoms with van der Waals surface area (Å²) < 4.78 is 0. The van der Waals surface area contributed by atoms with Crippen molar-refractivity contribution in [2.45, 2.75) is 22.6 Å². The predicted octanol–water partition coefficient (Wildman–Crippen LogP) is 3.21. The molecule has 1 aromatic heterocycles. The SMILES string of the molecule is N#Cc1ccc(Cl)cc1SC(CC(N)CO)c1cncs1. The van der Waals surface area contributed by atoms with Gasteiger partial charge in [0.05, 0.1) is 17.7 Å². The quantitative estimate of drug-likeness (QED) is 0.789. The molecule has 0 fully saturated rings. The average Bonchev–Trinajstić information content (AvgIpc) is 3.01. The molecule has 21 heavy (non-hydrogen) atoms. The molecule has 1 heterocycles. The second-order valence-corrected chi connectivity index (χ2v) is 7.04. The lowest BCUT2D eigenvalue weighted by molar-refractivity contribution is 0.260. The number of thiazole rings is 1. The van der Waals surface area contributed by atoms with Gasteiger partial charge >= 0.3 is 0 Å². The summed E-state index contributed by atoms with van der Waals surface area (Å²) in [5.41, 5.74) is 8.20. The third kappa shape index (κ3) is 4.43. The van der Waals surface area contributed by atoms with Crippen molar-refractivity contribution >= 4 is 34.7 Å². The van der Waals surface area contributed by atoms with E-state index in [4.69, 9.17) is 17.3 Å². The van der Waals surface area contributed by atoms with Crippen LogP contribution in [-0.4, -0.2) is 22.7 Å². The molecule has 7 heteroatoms. The van der Waals surface area contributed by atoms with E-state index >= 15 is 0 Å². The van der Waals surface area contributed by atoms with Crippen molar-refractivity contribution in [3.05, 3.63) is 45.4 Å². The topological polar surface area (TPSA) is 82.9 Å². The normalized spacial score (nSPS) is 13.6. The van der Waals surface area contributed by atoms with E-state index in [9.17, 15) is 10.4 Å². The first kappa shape index (κ1) is 16.3. The van der Waals surface area contributed by atoms with Gasteiger partial charge in [0.25, 0.3) is 0 Å². The summed E-state index contributed by atoms with van der Waals surface area (Å²) >= 11 is 9.08. The van der Waals surface area contributed by atoms with Crippen molar-refractivity contribution in [2.24, 2.45) is 5.73 Å². The maximum atomic E-state index is 9.20. The lowest BCUT2D eigenvalue weighted by Gasteiger charge is -2.18. The molecule has 1 aromatic carbocycles. The largest absolute Gasteiger partial charge is 0.395 e. The van der Waals surface area contributed by atoms with Crippen LogP contribution in [0, 0.1) is 11.3 Å². The summed E-state index contributed by atoms with van der Waals surface area (Å²) in [7, 11) is 0. The van der Waals surface area contributed by atoms with Crippen LogP contribution in [0.1, 0.15) is 22.1 Å². The number of benzene rings is 1. The number of aliphatic hydroxyl groups excluding tert-OH is 1. The minimum absolute atomic E-state index is 0.0326. The summed E-state index contributed by atoms with van der Waals surface area (Å²) in [6.45, 7) is -0.0729. The van der Waals surface area contributed by atoms with Gasteiger partial charge < -0.3 is 10.8 Å². The molecular weight excluding hydrogens is 326 g/mol. The number of rotatable bonds is 6. The highest BCUT2D eigenvalue weighted by molar-refractivity contribution is 7.99. The first-order valence-corrected chi connectivity index (χ1v) is 8.39. The Morgan fingerprint density at radius 1 is 1.52 bits per heavy atom. The lowest BCUT2D eigenvalue weighted by Crippen LogP contribution is -2.25. The lowest BCUT2D eigenvalue weighted by atomic mass is 10.1. The number of nitrogens with zero attached hydrogens (tertiary/aromatic N) is 2. The zero-order valence-electron chi connectivity index (χ0n) is 11.1. The summed E-state index contributed by atoms with van der Waals surface area (Å²) in [4.78, 5) is 5.96. The fourth-order valence-electron chi connectivity index (χ4n) is 1.80. The number of thioether (sulfide) groups is 1. The molecule has 0 saturated heterocycles. The Labute approximate surface area is 136 Å². The van der Waals surface area contributed by atoms with Crippen molar-refractivity contribution in [3.63, 3.8) is 0 Å². The molecule has 2 aromatic rings. The molecule has 0 radical (unpaired) electrons. The molecule has 0 amide bonds. The summed E-state index contributed by atoms with van der Waals surface area (Å²) in [5.74, 6) is 0. The van der Waals surface area contributed by atoms with Crippen LogP contribution in [0.5, 0.6) is 0 Å². The molecule has 0 aliphatic carbocycles. The van der Waals surface area contributed by atoms with Crippen molar-refractivity contribution in [2.75, 3.05) is 6.61 Å². The number of hydrogen-bond donors (Lipinski definition) is 2. The van der Waals surface area contributed by atoms with Gasteiger partial charge in [-0.25, -0.2) is 0 Å². The number of aliphatic hydroxyl groups is 1. The summed E-state index contributed by atoms with van der Waals surface area (Å²) in [5, 5.41) is 19.0. The number of aromatic nitrogens is 1. The molecule has 0 bridgehead atoms. The maximum Gasteiger partial charge on any atom is 0.100 e. The third-order valence-corrected chi connectivity index (χ3v) is 5.45. The van der Waals surface area contributed by atoms with E-state index in [0.717, 1.165) is 9.77 Å². The fraction of sp³-hybridized carbons (Fsp3) is 0.286. The van der Waals surface area contributed by atoms with Gasteiger partial charge in [-0.2, -0.15) is 5.26 Å². The average molecular weight is 340 g/mol. The molecule has 4 nitrogen and oxygen atoms in total. The van der Waals surface area contributed by atoms with Crippen LogP contribution in [0.15, 0.2) is 34.8 Å². The monoisotopic (exact) mass is 339 g/mol. The van der Waals surface area contributed by atoms with Crippen LogP contribution in [0.25, 0.3) is 0 Å². The van der Waals surface area contributed by atoms with Gasteiger partial charge in [-0.1, -0.05) is 11.6 Å². The van der Waals surface area contributed by atoms with Crippen molar-refractivity contribution in [1.82, 2.24) is 4.98 Å². The van der Waals surface area contributed by atoms with E-state index in [1.807, 2.05) is 0 Å². The van der Waals surface area contributed by atoms with Crippen LogP contribution in [-0.2, 0) is 0 Å². The van der Waals surface area contributed by atoms with E-state index in [-0.39, 0.29) is 17.9 Å². The Morgan fingerprint density at radius 3 is 2.95 bits per heavy atom. The molecule has 110 valence electrons. The van der Waals surface area contributed by atoms with Gasteiger partial charge in [-0.15, -0.1) is 23.1 Å². The molecule has 2 atom stereocenters. The van der Waals surface area contributed by atoms with E-state index in [2.05, 4.69) is 11.1 Å². The van der Waals surface area contributed by atoms with E-state index in [1.54, 1.807) is 29.9 Å². The number of nitriles is 1. The highest BCUT2D eigenvalue weighted by atomic mass is 35.5. The summed E-state index contributed by atoms with van der Waals surface area (Å²) in [6, 6.07) is 7.05. The Balaban J connectivity index is 2.27. The molecule has 0 aliphatic heterocycles. The summed E-state index contributed by atoms with van der Waals surface area (Å²) in [6.07, 6.45) is 2.39. The van der Waals surface area contributed by atoms with Crippen molar-refractivity contribution < 1.29 is 5.11 Å². The maximum absolute atomic E-state index is 9.20. The Morgan fingerprint density at radius 2 is 2.33 bits per heavy atom. The highest BCUT2D eigenvalue weighted by Crippen LogP contribution is 2.41. The Hall–Kier alpha value is -1.10. The van der Waals surface area contributed by atoms with Crippen LogP contribution >= 0.6 is 34.7 Å². The van der Waals surface area contributed by atoms with Crippen LogP contribution in [0.4, 0.5) is 0 Å². The minimum atomic E-state index is -0.311. The van der Waals surface area contributed by atoms with Crippen molar-refractivity contribution in [1.29, 1.82) is 5.26 Å². The predicted molar refractivity (Wildman–Crippen MR) is 86.6 cm³/mol. The molecular formula is C14H14ClN3OS2. The van der Waals surface area contributed by atoms with Crippen LogP contribution in [0.2, 0.25) is 5.02 Å². The molecule has 2 unspecified atom stereocenters. The second kappa shape index (κ2) is 7.78. The molecule has 0 saturated carbocycles. The highest BCUT2D eigenvalue weighted by Gasteiger charge is 2.20. The molecule has 0 aliphatic rings. The Kier molecular flexibility index (Phi) is 6.03. The van der Waals surface area contributed by atoms with Crippen LogP contribution in [0.3, 0.4) is 0 Å². The number of halogens is 1. The van der Waals surface area contributed by atoms with Gasteiger partial charge in [0.15, 0.2) is 0 Å². The first-order valence-electron chi connectivity index (χ1n) is 6.25. The number of nitrogens with two attached hydrogens (primary N) is 1. The van der Waals surface area contributed by atoms with Gasteiger partial charge in [-0.3, -0.25) is 4.98 Å².